The van der Waals surface area contributed by atoms with Gasteiger partial charge in [0, 0.05) is 47.1 Å². The van der Waals surface area contributed by atoms with Gasteiger partial charge in [-0.1, -0.05) is 39.0 Å². The molecule has 1 aromatic carbocycles. The van der Waals surface area contributed by atoms with Gasteiger partial charge in [-0.2, -0.15) is 10.1 Å². The Morgan fingerprint density at radius 3 is 2.73 bits per heavy atom. The Labute approximate surface area is 175 Å². The van der Waals surface area contributed by atoms with Crippen molar-refractivity contribution < 1.29 is 4.79 Å². The molecule has 1 amide bonds. The van der Waals surface area contributed by atoms with E-state index < -0.39 is 0 Å². The van der Waals surface area contributed by atoms with E-state index in [4.69, 9.17) is 0 Å². The average Bonchev–Trinajstić information content (AvgIpc) is 3.25. The number of rotatable bonds is 1. The molecular weight excluding hydrogens is 376 g/mol. The highest BCUT2D eigenvalue weighted by molar-refractivity contribution is 5.94. The summed E-state index contributed by atoms with van der Waals surface area (Å²) in [6, 6.07) is 8.19. The van der Waals surface area contributed by atoms with Gasteiger partial charge < -0.3 is 9.88 Å². The summed E-state index contributed by atoms with van der Waals surface area (Å²) in [7, 11) is 0. The number of amides is 1. The van der Waals surface area contributed by atoms with Crippen LogP contribution in [0.5, 0.6) is 0 Å². The number of aryl methyl sites for hydroxylation is 2. The second kappa shape index (κ2) is 6.39. The predicted octanol–water partition coefficient (Wildman–Crippen LogP) is 3.72. The lowest BCUT2D eigenvalue weighted by Crippen LogP contribution is -2.36. The fourth-order valence-electron chi connectivity index (χ4n) is 4.33. The Morgan fingerprint density at radius 1 is 1.17 bits per heavy atom. The third kappa shape index (κ3) is 2.88. The maximum atomic E-state index is 13.5. The molecule has 0 bridgehead atoms. The fourth-order valence-corrected chi connectivity index (χ4v) is 4.33. The minimum Gasteiger partial charge on any atom is -0.358 e. The molecular formula is C23H26N6O. The van der Waals surface area contributed by atoms with Gasteiger partial charge in [-0.25, -0.2) is 9.50 Å². The Hall–Kier alpha value is -3.22. The van der Waals surface area contributed by atoms with E-state index in [1.807, 2.05) is 17.9 Å². The molecule has 7 nitrogen and oxygen atoms in total. The van der Waals surface area contributed by atoms with E-state index in [0.717, 1.165) is 12.1 Å². The summed E-state index contributed by atoms with van der Waals surface area (Å²) in [6.07, 6.45) is 0.813. The maximum absolute atomic E-state index is 13.5. The van der Waals surface area contributed by atoms with Crippen molar-refractivity contribution in [1.82, 2.24) is 29.5 Å². The molecule has 0 saturated carbocycles. The van der Waals surface area contributed by atoms with Crippen LogP contribution in [0.1, 0.15) is 59.6 Å². The molecule has 0 saturated heterocycles. The van der Waals surface area contributed by atoms with Crippen LogP contribution >= 0.6 is 0 Å². The van der Waals surface area contributed by atoms with Crippen molar-refractivity contribution >= 4 is 22.6 Å². The normalized spacial score (nSPS) is 14.5. The molecule has 4 aromatic rings. The molecule has 3 aromatic heterocycles. The monoisotopic (exact) mass is 402 g/mol. The van der Waals surface area contributed by atoms with E-state index in [1.165, 1.54) is 27.7 Å². The van der Waals surface area contributed by atoms with Crippen LogP contribution in [0.15, 0.2) is 24.3 Å². The smallest absolute Gasteiger partial charge is 0.272 e. The first kappa shape index (κ1) is 18.8. The number of fused-ring (bicyclic) bond motifs is 4. The molecule has 1 aliphatic heterocycles. The summed E-state index contributed by atoms with van der Waals surface area (Å²) in [5, 5.41) is 5.67. The molecule has 0 atom stereocenters. The van der Waals surface area contributed by atoms with Gasteiger partial charge in [0.1, 0.15) is 11.5 Å². The van der Waals surface area contributed by atoms with Gasteiger partial charge in [0.25, 0.3) is 11.7 Å². The molecule has 0 radical (unpaired) electrons. The number of carbonyl (C=O) groups is 1. The van der Waals surface area contributed by atoms with Crippen molar-refractivity contribution in [2.24, 2.45) is 0 Å². The highest BCUT2D eigenvalue weighted by Crippen LogP contribution is 2.30. The Kier molecular flexibility index (Phi) is 4.00. The van der Waals surface area contributed by atoms with Crippen molar-refractivity contribution in [3.05, 3.63) is 58.3 Å². The second-order valence-electron chi connectivity index (χ2n) is 9.20. The molecule has 30 heavy (non-hydrogen) atoms. The summed E-state index contributed by atoms with van der Waals surface area (Å²) in [5.41, 5.74) is 6.00. The first-order chi connectivity index (χ1) is 14.2. The van der Waals surface area contributed by atoms with Gasteiger partial charge >= 0.3 is 0 Å². The number of aromatic nitrogens is 5. The van der Waals surface area contributed by atoms with E-state index in [-0.39, 0.29) is 11.3 Å². The van der Waals surface area contributed by atoms with Gasteiger partial charge in [-0.3, -0.25) is 4.79 Å². The zero-order chi connectivity index (χ0) is 21.2. The second-order valence-corrected chi connectivity index (χ2v) is 9.20. The minimum absolute atomic E-state index is 0.0590. The van der Waals surface area contributed by atoms with E-state index in [0.29, 0.717) is 30.4 Å². The van der Waals surface area contributed by atoms with Crippen LogP contribution in [0.3, 0.4) is 0 Å². The number of hydrogen-bond donors (Lipinski definition) is 1. The summed E-state index contributed by atoms with van der Waals surface area (Å²) in [5.74, 6) is 1.06. The Balaban J connectivity index is 1.55. The molecule has 7 heteroatoms. The van der Waals surface area contributed by atoms with Crippen molar-refractivity contribution in [3.63, 3.8) is 0 Å². The van der Waals surface area contributed by atoms with Gasteiger partial charge in [-0.05, 0) is 25.5 Å². The van der Waals surface area contributed by atoms with E-state index in [1.54, 1.807) is 4.52 Å². The number of nitrogens with zero attached hydrogens (tertiary/aromatic N) is 5. The van der Waals surface area contributed by atoms with Crippen LogP contribution < -0.4 is 0 Å². The van der Waals surface area contributed by atoms with Gasteiger partial charge in [0.05, 0.1) is 5.69 Å². The van der Waals surface area contributed by atoms with Crippen LogP contribution in [0, 0.1) is 13.8 Å². The number of H-pyrrole nitrogens is 1. The predicted molar refractivity (Wildman–Crippen MR) is 116 cm³/mol. The molecule has 0 unspecified atom stereocenters. The van der Waals surface area contributed by atoms with Crippen molar-refractivity contribution in [2.75, 3.05) is 6.54 Å². The van der Waals surface area contributed by atoms with Crippen LogP contribution in [0.2, 0.25) is 0 Å². The van der Waals surface area contributed by atoms with Crippen molar-refractivity contribution in [1.29, 1.82) is 0 Å². The minimum atomic E-state index is -0.195. The van der Waals surface area contributed by atoms with E-state index in [2.05, 4.69) is 65.9 Å². The van der Waals surface area contributed by atoms with Crippen LogP contribution in [0.25, 0.3) is 16.7 Å². The molecule has 4 heterocycles. The molecule has 154 valence electrons. The summed E-state index contributed by atoms with van der Waals surface area (Å²) < 4.78 is 1.75. The van der Waals surface area contributed by atoms with Crippen LogP contribution in [-0.2, 0) is 18.4 Å². The van der Waals surface area contributed by atoms with Gasteiger partial charge in [-0.15, -0.1) is 0 Å². The fraction of sp³-hybridized carbons (Fsp3) is 0.391. The van der Waals surface area contributed by atoms with Crippen LogP contribution in [0.4, 0.5) is 0 Å². The van der Waals surface area contributed by atoms with Gasteiger partial charge in [0.15, 0.2) is 0 Å². The summed E-state index contributed by atoms with van der Waals surface area (Å²) in [4.78, 5) is 27.9. The number of para-hydroxylation sites is 1. The molecule has 0 aliphatic carbocycles. The first-order valence-electron chi connectivity index (χ1n) is 10.4. The highest BCUT2D eigenvalue weighted by atomic mass is 16.2. The third-order valence-corrected chi connectivity index (χ3v) is 5.91. The molecule has 1 N–H and O–H groups in total. The number of benzene rings is 1. The zero-order valence-corrected chi connectivity index (χ0v) is 18.1. The number of aromatic amines is 1. The largest absolute Gasteiger partial charge is 0.358 e. The zero-order valence-electron chi connectivity index (χ0n) is 18.1. The van der Waals surface area contributed by atoms with Crippen molar-refractivity contribution in [2.45, 2.75) is 53.0 Å². The highest BCUT2D eigenvalue weighted by Gasteiger charge is 2.28. The topological polar surface area (TPSA) is 79.2 Å². The standard InChI is InChI=1S/C23H26N6O/c1-13-7-6-8-15-16-12-28(10-9-17(16)25-20(13)15)21(30)18-11-19(23(3,4)5)29-22(26-18)24-14(2)27-29/h6-8,11,25H,9-10,12H2,1-5H3. The number of carbonyl (C=O) groups excluding carboxylic acids is 1. The maximum Gasteiger partial charge on any atom is 0.272 e. The summed E-state index contributed by atoms with van der Waals surface area (Å²) >= 11 is 0. The van der Waals surface area contributed by atoms with Gasteiger partial charge in [0.2, 0.25) is 0 Å². The average molecular weight is 403 g/mol. The quantitative estimate of drug-likeness (QED) is 0.526. The molecule has 0 spiro atoms. The molecule has 1 aliphatic rings. The lowest BCUT2D eigenvalue weighted by Gasteiger charge is -2.27. The SMILES string of the molecule is Cc1nc2nc(C(=O)N3CCc4[nH]c5c(C)cccc5c4C3)cc(C(C)(C)C)n2n1. The van der Waals surface area contributed by atoms with Crippen LogP contribution in [-0.4, -0.2) is 41.9 Å². The molecule has 5 rings (SSSR count). The number of hydrogen-bond acceptors (Lipinski definition) is 4. The van der Waals surface area contributed by atoms with Crippen molar-refractivity contribution in [3.8, 4) is 0 Å². The van der Waals surface area contributed by atoms with E-state index in [9.17, 15) is 4.79 Å². The van der Waals surface area contributed by atoms with E-state index >= 15 is 0 Å². The summed E-state index contributed by atoms with van der Waals surface area (Å²) in [6.45, 7) is 11.5. The number of nitrogens with one attached hydrogen (secondary N) is 1. The lowest BCUT2D eigenvalue weighted by atomic mass is 9.91. The molecule has 0 fully saturated rings. The third-order valence-electron chi connectivity index (χ3n) is 5.91. The Bertz CT molecular complexity index is 1310. The first-order valence-corrected chi connectivity index (χ1v) is 10.4. The lowest BCUT2D eigenvalue weighted by molar-refractivity contribution is 0.0729. The Morgan fingerprint density at radius 2 is 1.97 bits per heavy atom.